The molecular formula is C20H14BrF2NO5. The lowest BCUT2D eigenvalue weighted by Crippen LogP contribution is -2.23. The van der Waals surface area contributed by atoms with Crippen molar-refractivity contribution in [2.24, 2.45) is 0 Å². The van der Waals surface area contributed by atoms with E-state index in [9.17, 15) is 23.5 Å². The summed E-state index contributed by atoms with van der Waals surface area (Å²) >= 11 is 3.13. The number of aliphatic hydroxyl groups is 1. The minimum atomic E-state index is -1.16. The zero-order chi connectivity index (χ0) is 21.1. The zero-order valence-corrected chi connectivity index (χ0v) is 16.3. The first-order chi connectivity index (χ1) is 13.8. The highest BCUT2D eigenvalue weighted by Crippen LogP contribution is 2.26. The van der Waals surface area contributed by atoms with E-state index >= 15 is 0 Å². The highest BCUT2D eigenvalue weighted by molar-refractivity contribution is 9.10. The molecule has 3 aromatic rings. The second kappa shape index (κ2) is 8.54. The molecule has 150 valence electrons. The average molecular weight is 466 g/mol. The molecule has 0 spiro atoms. The van der Waals surface area contributed by atoms with Crippen LogP contribution in [0.3, 0.4) is 0 Å². The van der Waals surface area contributed by atoms with Gasteiger partial charge in [-0.25, -0.2) is 13.6 Å². The van der Waals surface area contributed by atoms with Crippen molar-refractivity contribution in [3.63, 3.8) is 0 Å². The number of aliphatic hydroxyl groups excluding tert-OH is 1. The molecule has 2 N–H and O–H groups in total. The van der Waals surface area contributed by atoms with Crippen molar-refractivity contribution in [3.8, 4) is 11.4 Å². The summed E-state index contributed by atoms with van der Waals surface area (Å²) < 4.78 is 33.4. The van der Waals surface area contributed by atoms with Crippen molar-refractivity contribution in [1.29, 1.82) is 0 Å². The Morgan fingerprint density at radius 2 is 1.90 bits per heavy atom. The Kier molecular flexibility index (Phi) is 6.09. The van der Waals surface area contributed by atoms with Crippen LogP contribution in [0.1, 0.15) is 21.6 Å². The van der Waals surface area contributed by atoms with Crippen LogP contribution in [-0.2, 0) is 13.2 Å². The molecule has 2 aromatic carbocycles. The largest absolute Gasteiger partial charge is 0.487 e. The molecule has 0 aliphatic heterocycles. The molecule has 0 unspecified atom stereocenters. The number of halogens is 3. The van der Waals surface area contributed by atoms with Gasteiger partial charge in [-0.1, -0.05) is 6.07 Å². The third-order valence-corrected chi connectivity index (χ3v) is 4.83. The molecule has 9 heteroatoms. The van der Waals surface area contributed by atoms with Gasteiger partial charge in [0, 0.05) is 23.4 Å². The van der Waals surface area contributed by atoms with Crippen LogP contribution in [0.5, 0.6) is 5.75 Å². The van der Waals surface area contributed by atoms with E-state index < -0.39 is 29.8 Å². The molecule has 0 amide bonds. The molecule has 1 heterocycles. The van der Waals surface area contributed by atoms with Gasteiger partial charge in [0.2, 0.25) is 0 Å². The maximum absolute atomic E-state index is 13.8. The monoisotopic (exact) mass is 465 g/mol. The predicted molar refractivity (Wildman–Crippen MR) is 103 cm³/mol. The van der Waals surface area contributed by atoms with Crippen LogP contribution in [-0.4, -0.2) is 20.7 Å². The number of carboxylic acid groups (broad SMARTS) is 1. The van der Waals surface area contributed by atoms with E-state index in [4.69, 9.17) is 9.84 Å². The number of carboxylic acids is 1. The number of hydrogen-bond donors (Lipinski definition) is 2. The average Bonchev–Trinajstić information content (AvgIpc) is 2.70. The number of rotatable bonds is 6. The van der Waals surface area contributed by atoms with Crippen LogP contribution in [0.15, 0.2) is 57.8 Å². The molecule has 1 aromatic heterocycles. The Labute approximate surface area is 171 Å². The molecule has 0 atom stereocenters. The van der Waals surface area contributed by atoms with Crippen LogP contribution in [0, 0.1) is 11.6 Å². The molecule has 3 rings (SSSR count). The predicted octanol–water partition coefficient (Wildman–Crippen LogP) is 3.65. The van der Waals surface area contributed by atoms with Gasteiger partial charge in [-0.15, -0.1) is 0 Å². The standard InChI is InChI=1S/C20H14BrF2NO5/c21-18-17(29-10-12-4-5-13(22)7-16(12)23)8-15(9-25)24(19(18)26)14-3-1-2-11(6-14)20(27)28/h1-8,25H,9-10H2,(H,27,28). The summed E-state index contributed by atoms with van der Waals surface area (Å²) in [5.41, 5.74) is -0.163. The first-order valence-corrected chi connectivity index (χ1v) is 9.07. The second-order valence-corrected chi connectivity index (χ2v) is 6.79. The summed E-state index contributed by atoms with van der Waals surface area (Å²) in [4.78, 5) is 24.0. The maximum atomic E-state index is 13.8. The fraction of sp³-hybridized carbons (Fsp3) is 0.100. The van der Waals surface area contributed by atoms with Gasteiger partial charge in [-0.2, -0.15) is 0 Å². The molecule has 0 fully saturated rings. The second-order valence-electron chi connectivity index (χ2n) is 5.99. The first kappa shape index (κ1) is 20.7. The number of hydrogen-bond acceptors (Lipinski definition) is 4. The summed E-state index contributed by atoms with van der Waals surface area (Å²) in [5, 5.41) is 18.9. The number of ether oxygens (including phenoxy) is 1. The summed E-state index contributed by atoms with van der Waals surface area (Å²) in [6.45, 7) is -0.811. The van der Waals surface area contributed by atoms with E-state index in [0.29, 0.717) is 0 Å². The molecule has 0 saturated carbocycles. The normalized spacial score (nSPS) is 10.8. The van der Waals surface area contributed by atoms with Crippen LogP contribution >= 0.6 is 15.9 Å². The SMILES string of the molecule is O=C(O)c1cccc(-n2c(CO)cc(OCc3ccc(F)cc3F)c(Br)c2=O)c1. The van der Waals surface area contributed by atoms with Crippen LogP contribution in [0.4, 0.5) is 8.78 Å². The Hall–Kier alpha value is -3.04. The first-order valence-electron chi connectivity index (χ1n) is 8.27. The lowest BCUT2D eigenvalue weighted by Gasteiger charge is -2.16. The number of aromatic nitrogens is 1. The van der Waals surface area contributed by atoms with Crippen molar-refractivity contribution >= 4 is 21.9 Å². The van der Waals surface area contributed by atoms with Crippen molar-refractivity contribution in [2.45, 2.75) is 13.2 Å². The number of nitrogens with zero attached hydrogens (tertiary/aromatic N) is 1. The highest BCUT2D eigenvalue weighted by Gasteiger charge is 2.17. The maximum Gasteiger partial charge on any atom is 0.335 e. The van der Waals surface area contributed by atoms with Gasteiger partial charge < -0.3 is 14.9 Å². The van der Waals surface area contributed by atoms with E-state index in [2.05, 4.69) is 15.9 Å². The van der Waals surface area contributed by atoms with E-state index in [1.165, 1.54) is 36.4 Å². The Balaban J connectivity index is 2.00. The smallest absolute Gasteiger partial charge is 0.335 e. The lowest BCUT2D eigenvalue weighted by atomic mass is 10.2. The van der Waals surface area contributed by atoms with Crippen molar-refractivity contribution < 1.29 is 28.5 Å². The third kappa shape index (κ3) is 4.36. The Morgan fingerprint density at radius 3 is 2.55 bits per heavy atom. The Morgan fingerprint density at radius 1 is 1.14 bits per heavy atom. The van der Waals surface area contributed by atoms with Gasteiger partial charge in [0.05, 0.1) is 17.9 Å². The fourth-order valence-electron chi connectivity index (χ4n) is 2.69. The van der Waals surface area contributed by atoms with E-state index in [1.807, 2.05) is 0 Å². The zero-order valence-electron chi connectivity index (χ0n) is 14.7. The minimum absolute atomic E-state index is 0.00190. The van der Waals surface area contributed by atoms with Gasteiger partial charge in [0.15, 0.2) is 0 Å². The number of pyridine rings is 1. The van der Waals surface area contributed by atoms with E-state index in [0.717, 1.165) is 16.7 Å². The highest BCUT2D eigenvalue weighted by atomic mass is 79.9. The summed E-state index contributed by atoms with van der Waals surface area (Å²) in [5.74, 6) is -2.62. The van der Waals surface area contributed by atoms with Gasteiger partial charge in [-0.3, -0.25) is 9.36 Å². The number of benzene rings is 2. The van der Waals surface area contributed by atoms with Crippen LogP contribution in [0.25, 0.3) is 5.69 Å². The molecule has 29 heavy (non-hydrogen) atoms. The van der Waals surface area contributed by atoms with Crippen molar-refractivity contribution in [3.05, 3.63) is 91.8 Å². The number of aromatic carboxylic acids is 1. The van der Waals surface area contributed by atoms with Crippen LogP contribution < -0.4 is 10.3 Å². The van der Waals surface area contributed by atoms with Gasteiger partial charge in [0.25, 0.3) is 5.56 Å². The number of carbonyl (C=O) groups is 1. The summed E-state index contributed by atoms with van der Waals surface area (Å²) in [7, 11) is 0. The summed E-state index contributed by atoms with van der Waals surface area (Å²) in [6.07, 6.45) is 0. The Bertz CT molecular complexity index is 1150. The van der Waals surface area contributed by atoms with Crippen LogP contribution in [0.2, 0.25) is 0 Å². The molecule has 0 bridgehead atoms. The molecular weight excluding hydrogens is 452 g/mol. The molecule has 0 radical (unpaired) electrons. The third-order valence-electron chi connectivity index (χ3n) is 4.10. The summed E-state index contributed by atoms with van der Waals surface area (Å²) in [6, 6.07) is 10.1. The van der Waals surface area contributed by atoms with E-state index in [-0.39, 0.29) is 39.3 Å². The van der Waals surface area contributed by atoms with Crippen molar-refractivity contribution in [2.75, 3.05) is 0 Å². The fourth-order valence-corrected chi connectivity index (χ4v) is 3.10. The van der Waals surface area contributed by atoms with Gasteiger partial charge in [-0.05, 0) is 46.3 Å². The van der Waals surface area contributed by atoms with Gasteiger partial charge >= 0.3 is 5.97 Å². The molecule has 6 nitrogen and oxygen atoms in total. The van der Waals surface area contributed by atoms with E-state index in [1.54, 1.807) is 0 Å². The minimum Gasteiger partial charge on any atom is -0.487 e. The molecule has 0 aliphatic carbocycles. The molecule has 0 aliphatic rings. The van der Waals surface area contributed by atoms with Gasteiger partial charge in [0.1, 0.15) is 28.5 Å². The van der Waals surface area contributed by atoms with Crippen molar-refractivity contribution in [1.82, 2.24) is 4.57 Å². The topological polar surface area (TPSA) is 88.8 Å². The quantitative estimate of drug-likeness (QED) is 0.579. The molecule has 0 saturated heterocycles. The lowest BCUT2D eigenvalue weighted by molar-refractivity contribution is 0.0697.